The van der Waals surface area contributed by atoms with Gasteiger partial charge < -0.3 is 25.8 Å². The zero-order chi connectivity index (χ0) is 27.1. The van der Waals surface area contributed by atoms with Crippen LogP contribution >= 0.6 is 11.6 Å². The van der Waals surface area contributed by atoms with Crippen molar-refractivity contribution in [3.8, 4) is 0 Å². The van der Waals surface area contributed by atoms with Gasteiger partial charge in [0.25, 0.3) is 0 Å². The van der Waals surface area contributed by atoms with Crippen LogP contribution in [0, 0.1) is 6.92 Å². The van der Waals surface area contributed by atoms with Crippen molar-refractivity contribution < 1.29 is 14.4 Å². The second kappa shape index (κ2) is 12.5. The first-order valence-electron chi connectivity index (χ1n) is 12.6. The summed E-state index contributed by atoms with van der Waals surface area (Å²) in [5, 5.41) is 9.10. The molecule has 3 aromatic carbocycles. The van der Waals surface area contributed by atoms with E-state index in [2.05, 4.69) is 16.0 Å². The van der Waals surface area contributed by atoms with Crippen LogP contribution in [-0.2, 0) is 11.2 Å². The largest absolute Gasteiger partial charge is 0.337 e. The Labute approximate surface area is 228 Å². The van der Waals surface area contributed by atoms with Gasteiger partial charge in [0.15, 0.2) is 0 Å². The molecule has 9 heteroatoms. The molecule has 1 aliphatic rings. The maximum atomic E-state index is 13.6. The summed E-state index contributed by atoms with van der Waals surface area (Å²) in [5.41, 5.74) is 3.34. The molecule has 1 saturated heterocycles. The fourth-order valence-corrected chi connectivity index (χ4v) is 4.55. The molecule has 1 aliphatic heterocycles. The number of carbonyl (C=O) groups is 3. The molecule has 1 fully saturated rings. The van der Waals surface area contributed by atoms with Gasteiger partial charge in [-0.15, -0.1) is 0 Å². The van der Waals surface area contributed by atoms with Crippen molar-refractivity contribution in [2.75, 3.05) is 30.3 Å². The van der Waals surface area contributed by atoms with Gasteiger partial charge in [0.2, 0.25) is 5.91 Å². The summed E-state index contributed by atoms with van der Waals surface area (Å²) in [4.78, 5) is 42.8. The van der Waals surface area contributed by atoms with E-state index in [9.17, 15) is 14.4 Å². The van der Waals surface area contributed by atoms with Crippen LogP contribution in [-0.4, -0.2) is 59.5 Å². The lowest BCUT2D eigenvalue weighted by Gasteiger charge is -2.41. The molecule has 2 unspecified atom stereocenters. The lowest BCUT2D eigenvalue weighted by molar-refractivity contribution is -0.135. The smallest absolute Gasteiger partial charge is 0.322 e. The third-order valence-electron chi connectivity index (χ3n) is 6.49. The summed E-state index contributed by atoms with van der Waals surface area (Å²) in [6.07, 6.45) is 0.343. The minimum Gasteiger partial charge on any atom is -0.337 e. The van der Waals surface area contributed by atoms with E-state index in [0.717, 1.165) is 16.8 Å². The van der Waals surface area contributed by atoms with Gasteiger partial charge in [-0.3, -0.25) is 4.79 Å². The average molecular weight is 534 g/mol. The highest BCUT2D eigenvalue weighted by Crippen LogP contribution is 2.17. The molecule has 0 aromatic heterocycles. The van der Waals surface area contributed by atoms with Crippen molar-refractivity contribution in [2.24, 2.45) is 0 Å². The molecule has 4 rings (SSSR count). The van der Waals surface area contributed by atoms with Gasteiger partial charge in [0.05, 0.1) is 0 Å². The lowest BCUT2D eigenvalue weighted by Crippen LogP contribution is -2.60. The first kappa shape index (κ1) is 27.0. The Balaban J connectivity index is 1.40. The van der Waals surface area contributed by atoms with Crippen LogP contribution in [0.25, 0.3) is 0 Å². The Kier molecular flexibility index (Phi) is 8.86. The Morgan fingerprint density at radius 2 is 1.53 bits per heavy atom. The van der Waals surface area contributed by atoms with Gasteiger partial charge >= 0.3 is 12.1 Å². The number of carbonyl (C=O) groups excluding carboxylic acids is 3. The number of amides is 5. The van der Waals surface area contributed by atoms with E-state index < -0.39 is 12.1 Å². The van der Waals surface area contributed by atoms with Gasteiger partial charge in [-0.2, -0.15) is 0 Å². The number of nitrogens with one attached hydrogen (secondary N) is 3. The molecular formula is C29H32ClN5O3. The normalized spacial score (nSPS) is 15.9. The second-order valence-corrected chi connectivity index (χ2v) is 9.91. The molecule has 1 heterocycles. The maximum absolute atomic E-state index is 13.6. The van der Waals surface area contributed by atoms with Crippen LogP contribution in [0.2, 0.25) is 5.02 Å². The Hall–Kier alpha value is -4.04. The standard InChI is InChI=1S/C29H32ClN5O3/c1-20-8-12-25(13-9-20)32-29(38)35-17-16-34(19-21(35)2)27(36)26(18-22-6-4-3-5-7-22)33-28(37)31-24-14-10-23(30)11-15-24/h3-15,21,26H,16-19H2,1-2H3,(H,32,38)(H2,31,33,37). The maximum Gasteiger partial charge on any atom is 0.322 e. The van der Waals surface area contributed by atoms with E-state index in [0.29, 0.717) is 36.8 Å². The quantitative estimate of drug-likeness (QED) is 0.409. The van der Waals surface area contributed by atoms with Crippen LogP contribution in [0.15, 0.2) is 78.9 Å². The molecule has 8 nitrogen and oxygen atoms in total. The zero-order valence-corrected chi connectivity index (χ0v) is 22.2. The van der Waals surface area contributed by atoms with Crippen molar-refractivity contribution in [1.82, 2.24) is 15.1 Å². The van der Waals surface area contributed by atoms with E-state index in [4.69, 9.17) is 11.6 Å². The van der Waals surface area contributed by atoms with Crippen molar-refractivity contribution in [3.05, 3.63) is 95.0 Å². The number of halogens is 1. The van der Waals surface area contributed by atoms with Crippen molar-refractivity contribution in [2.45, 2.75) is 32.4 Å². The molecule has 0 bridgehead atoms. The van der Waals surface area contributed by atoms with Gasteiger partial charge in [0.1, 0.15) is 6.04 Å². The van der Waals surface area contributed by atoms with E-state index in [1.807, 2.05) is 68.4 Å². The van der Waals surface area contributed by atoms with Gasteiger partial charge in [-0.1, -0.05) is 59.6 Å². The molecule has 38 heavy (non-hydrogen) atoms. The minimum absolute atomic E-state index is 0.189. The van der Waals surface area contributed by atoms with Crippen LogP contribution in [0.5, 0.6) is 0 Å². The summed E-state index contributed by atoms with van der Waals surface area (Å²) < 4.78 is 0. The minimum atomic E-state index is -0.773. The summed E-state index contributed by atoms with van der Waals surface area (Å²) in [6.45, 7) is 5.04. The fourth-order valence-electron chi connectivity index (χ4n) is 4.42. The highest BCUT2D eigenvalue weighted by molar-refractivity contribution is 6.30. The first-order valence-corrected chi connectivity index (χ1v) is 13.0. The van der Waals surface area contributed by atoms with Crippen molar-refractivity contribution >= 4 is 40.9 Å². The number of rotatable bonds is 6. The first-order chi connectivity index (χ1) is 18.3. The Morgan fingerprint density at radius 1 is 0.895 bits per heavy atom. The number of hydrogen-bond donors (Lipinski definition) is 3. The number of anilines is 2. The number of urea groups is 2. The number of hydrogen-bond acceptors (Lipinski definition) is 3. The number of benzene rings is 3. The highest BCUT2D eigenvalue weighted by Gasteiger charge is 2.33. The number of piperazine rings is 1. The van der Waals surface area contributed by atoms with Gasteiger partial charge in [-0.25, -0.2) is 9.59 Å². The second-order valence-electron chi connectivity index (χ2n) is 9.47. The summed E-state index contributed by atoms with van der Waals surface area (Å²) in [6, 6.07) is 22.3. The van der Waals surface area contributed by atoms with Crippen LogP contribution in [0.4, 0.5) is 21.0 Å². The lowest BCUT2D eigenvalue weighted by atomic mass is 10.0. The summed E-state index contributed by atoms with van der Waals surface area (Å²) >= 11 is 5.93. The molecule has 198 valence electrons. The van der Waals surface area contributed by atoms with E-state index >= 15 is 0 Å². The van der Waals surface area contributed by atoms with Gasteiger partial charge in [-0.05, 0) is 55.8 Å². The van der Waals surface area contributed by atoms with E-state index in [-0.39, 0.29) is 18.0 Å². The van der Waals surface area contributed by atoms with E-state index in [1.54, 1.807) is 34.1 Å². The van der Waals surface area contributed by atoms with E-state index in [1.165, 1.54) is 0 Å². The predicted molar refractivity (Wildman–Crippen MR) is 150 cm³/mol. The highest BCUT2D eigenvalue weighted by atomic mass is 35.5. The molecule has 0 saturated carbocycles. The molecule has 0 radical (unpaired) electrons. The van der Waals surface area contributed by atoms with Crippen LogP contribution < -0.4 is 16.0 Å². The number of nitrogens with zero attached hydrogens (tertiary/aromatic N) is 2. The predicted octanol–water partition coefficient (Wildman–Crippen LogP) is 5.15. The Morgan fingerprint density at radius 3 is 2.18 bits per heavy atom. The van der Waals surface area contributed by atoms with Crippen molar-refractivity contribution in [3.63, 3.8) is 0 Å². The molecule has 3 N–H and O–H groups in total. The fraction of sp³-hybridized carbons (Fsp3) is 0.276. The molecule has 2 atom stereocenters. The van der Waals surface area contributed by atoms with Gasteiger partial charge in [0, 0.05) is 48.5 Å². The molecule has 3 aromatic rings. The van der Waals surface area contributed by atoms with Crippen molar-refractivity contribution in [1.29, 1.82) is 0 Å². The molecular weight excluding hydrogens is 502 g/mol. The third kappa shape index (κ3) is 7.26. The molecule has 0 spiro atoms. The monoisotopic (exact) mass is 533 g/mol. The SMILES string of the molecule is Cc1ccc(NC(=O)N2CCN(C(=O)C(Cc3ccccc3)NC(=O)Nc3ccc(Cl)cc3)CC2C)cc1. The zero-order valence-electron chi connectivity index (χ0n) is 21.5. The number of aryl methyl sites for hydroxylation is 1. The topological polar surface area (TPSA) is 93.8 Å². The summed E-state index contributed by atoms with van der Waals surface area (Å²) in [7, 11) is 0. The summed E-state index contributed by atoms with van der Waals surface area (Å²) in [5.74, 6) is -0.189. The third-order valence-corrected chi connectivity index (χ3v) is 6.74. The average Bonchev–Trinajstić information content (AvgIpc) is 2.91. The molecule has 5 amide bonds. The molecule has 0 aliphatic carbocycles. The Bertz CT molecular complexity index is 1250. The van der Waals surface area contributed by atoms with Crippen LogP contribution in [0.3, 0.4) is 0 Å². The van der Waals surface area contributed by atoms with Crippen LogP contribution in [0.1, 0.15) is 18.1 Å².